The van der Waals surface area contributed by atoms with Crippen molar-refractivity contribution in [1.29, 1.82) is 0 Å². The van der Waals surface area contributed by atoms with Gasteiger partial charge in [-0.15, -0.1) is 11.3 Å². The topological polar surface area (TPSA) is 29.5 Å². The van der Waals surface area contributed by atoms with Crippen LogP contribution in [0.3, 0.4) is 0 Å². The van der Waals surface area contributed by atoms with E-state index >= 15 is 0 Å². The van der Waals surface area contributed by atoms with Crippen LogP contribution in [0.15, 0.2) is 30.3 Å². The fraction of sp³-hybridized carbons (Fsp3) is 0.333. The number of aliphatic hydroxyl groups excluding tert-OH is 1. The molecule has 1 aliphatic heterocycles. The molecule has 4 heteroatoms. The van der Waals surface area contributed by atoms with Gasteiger partial charge in [-0.25, -0.2) is 4.39 Å². The Bertz CT molecular complexity index is 594. The fourth-order valence-corrected chi connectivity index (χ4v) is 3.34. The van der Waals surface area contributed by atoms with Crippen LogP contribution in [0.25, 0.3) is 0 Å². The van der Waals surface area contributed by atoms with E-state index in [1.54, 1.807) is 17.4 Å². The summed E-state index contributed by atoms with van der Waals surface area (Å²) < 4.78 is 19.1. The van der Waals surface area contributed by atoms with Crippen molar-refractivity contribution in [2.75, 3.05) is 0 Å². The van der Waals surface area contributed by atoms with Crippen molar-refractivity contribution in [1.82, 2.24) is 0 Å². The second-order valence-corrected chi connectivity index (χ2v) is 5.90. The smallest absolute Gasteiger partial charge is 0.136 e. The first-order valence-corrected chi connectivity index (χ1v) is 7.21. The van der Waals surface area contributed by atoms with Crippen molar-refractivity contribution < 1.29 is 14.2 Å². The van der Waals surface area contributed by atoms with E-state index in [-0.39, 0.29) is 11.9 Å². The molecule has 2 unspecified atom stereocenters. The number of hydrogen-bond acceptors (Lipinski definition) is 3. The quantitative estimate of drug-likeness (QED) is 0.899. The Labute approximate surface area is 115 Å². The maximum atomic E-state index is 13.3. The van der Waals surface area contributed by atoms with Gasteiger partial charge in [-0.3, -0.25) is 0 Å². The molecule has 1 aromatic carbocycles. The highest BCUT2D eigenvalue weighted by Crippen LogP contribution is 2.42. The zero-order valence-electron chi connectivity index (χ0n) is 10.6. The summed E-state index contributed by atoms with van der Waals surface area (Å²) in [6.45, 7) is 2.11. The average molecular weight is 278 g/mol. The Balaban J connectivity index is 1.91. The zero-order valence-corrected chi connectivity index (χ0v) is 11.4. The second-order valence-electron chi connectivity index (χ2n) is 4.70. The summed E-state index contributed by atoms with van der Waals surface area (Å²) in [6.07, 6.45) is 0.726. The largest absolute Gasteiger partial charge is 0.484 e. The van der Waals surface area contributed by atoms with E-state index in [1.807, 2.05) is 6.07 Å². The van der Waals surface area contributed by atoms with Crippen LogP contribution in [0.2, 0.25) is 0 Å². The molecule has 0 radical (unpaired) electrons. The van der Waals surface area contributed by atoms with Crippen LogP contribution in [0.4, 0.5) is 4.39 Å². The summed E-state index contributed by atoms with van der Waals surface area (Å²) in [6, 6.07) is 8.41. The maximum absolute atomic E-state index is 13.3. The van der Waals surface area contributed by atoms with Crippen LogP contribution in [0.5, 0.6) is 5.75 Å². The first kappa shape index (κ1) is 12.6. The molecule has 0 amide bonds. The lowest BCUT2D eigenvalue weighted by atomic mass is 9.98. The summed E-state index contributed by atoms with van der Waals surface area (Å²) in [5, 5.41) is 10.2. The van der Waals surface area contributed by atoms with E-state index in [4.69, 9.17) is 4.74 Å². The third-order valence-corrected chi connectivity index (χ3v) is 4.71. The molecule has 100 valence electrons. The number of ether oxygens (including phenoxy) is 1. The van der Waals surface area contributed by atoms with Gasteiger partial charge in [0, 0.05) is 27.8 Å². The van der Waals surface area contributed by atoms with Gasteiger partial charge < -0.3 is 9.84 Å². The Morgan fingerprint density at radius 1 is 1.37 bits per heavy atom. The summed E-state index contributed by atoms with van der Waals surface area (Å²) in [5.41, 5.74) is 0.671. The number of rotatable bonds is 2. The molecule has 1 aliphatic rings. The number of halogens is 1. The number of hydrogen-bond donors (Lipinski definition) is 1. The third-order valence-electron chi connectivity index (χ3n) is 3.39. The van der Waals surface area contributed by atoms with Crippen molar-refractivity contribution >= 4 is 11.3 Å². The Hall–Kier alpha value is -1.39. The van der Waals surface area contributed by atoms with Gasteiger partial charge in [0.25, 0.3) is 0 Å². The van der Waals surface area contributed by atoms with Crippen molar-refractivity contribution in [3.63, 3.8) is 0 Å². The summed E-state index contributed by atoms with van der Waals surface area (Å²) in [5.74, 6) is 0.113. The molecule has 0 saturated heterocycles. The predicted molar refractivity (Wildman–Crippen MR) is 73.0 cm³/mol. The van der Waals surface area contributed by atoms with Gasteiger partial charge in [0.2, 0.25) is 0 Å². The molecular weight excluding hydrogens is 263 g/mol. The molecule has 1 aromatic heterocycles. The molecular formula is C15H15FO2S. The molecule has 2 heterocycles. The van der Waals surface area contributed by atoms with E-state index in [0.717, 1.165) is 11.3 Å². The van der Waals surface area contributed by atoms with Gasteiger partial charge >= 0.3 is 0 Å². The minimum Gasteiger partial charge on any atom is -0.484 e. The third kappa shape index (κ3) is 2.38. The number of fused-ring (bicyclic) bond motifs is 1. The highest BCUT2D eigenvalue weighted by atomic mass is 32.1. The molecule has 0 bridgehead atoms. The molecule has 19 heavy (non-hydrogen) atoms. The monoisotopic (exact) mass is 278 g/mol. The maximum Gasteiger partial charge on any atom is 0.136 e. The lowest BCUT2D eigenvalue weighted by Gasteiger charge is -2.29. The number of aryl methyl sites for hydroxylation is 1. The van der Waals surface area contributed by atoms with Gasteiger partial charge in [-0.2, -0.15) is 0 Å². The minimum absolute atomic E-state index is 0.186. The lowest BCUT2D eigenvalue weighted by molar-refractivity contribution is 0.0671. The number of thiophene rings is 1. The van der Waals surface area contributed by atoms with E-state index in [1.165, 1.54) is 17.0 Å². The van der Waals surface area contributed by atoms with Gasteiger partial charge in [-0.05, 0) is 30.7 Å². The Morgan fingerprint density at radius 3 is 2.95 bits per heavy atom. The standard InChI is InChI=1S/C15H15FO2S/c1-2-10-4-6-15(19-10)14-8-12(17)11-5-3-9(16)7-13(11)18-14/h3-7,12,14,17H,2,8H2,1H3. The molecule has 0 fully saturated rings. The first-order chi connectivity index (χ1) is 9.17. The van der Waals surface area contributed by atoms with Crippen LogP contribution in [0.1, 0.15) is 40.9 Å². The van der Waals surface area contributed by atoms with Crippen LogP contribution < -0.4 is 4.74 Å². The van der Waals surface area contributed by atoms with Gasteiger partial charge in [0.05, 0.1) is 6.10 Å². The summed E-state index contributed by atoms with van der Waals surface area (Å²) in [4.78, 5) is 2.38. The molecule has 0 aliphatic carbocycles. The van der Waals surface area contributed by atoms with Crippen LogP contribution in [-0.2, 0) is 6.42 Å². The van der Waals surface area contributed by atoms with Crippen molar-refractivity contribution in [3.05, 3.63) is 51.5 Å². The fourth-order valence-electron chi connectivity index (χ4n) is 2.35. The normalized spacial score (nSPS) is 21.8. The highest BCUT2D eigenvalue weighted by Gasteiger charge is 2.29. The SMILES string of the molecule is CCc1ccc(C2CC(O)c3ccc(F)cc3O2)s1. The van der Waals surface area contributed by atoms with Crippen molar-refractivity contribution in [2.45, 2.75) is 32.0 Å². The number of aliphatic hydroxyl groups is 1. The van der Waals surface area contributed by atoms with Gasteiger partial charge in [0.15, 0.2) is 0 Å². The van der Waals surface area contributed by atoms with Crippen molar-refractivity contribution in [2.24, 2.45) is 0 Å². The van der Waals surface area contributed by atoms with Crippen LogP contribution >= 0.6 is 11.3 Å². The molecule has 0 spiro atoms. The highest BCUT2D eigenvalue weighted by molar-refractivity contribution is 7.12. The molecule has 0 saturated carbocycles. The zero-order chi connectivity index (χ0) is 13.4. The molecule has 2 nitrogen and oxygen atoms in total. The van der Waals surface area contributed by atoms with E-state index in [9.17, 15) is 9.50 Å². The summed E-state index contributed by atoms with van der Waals surface area (Å²) in [7, 11) is 0. The van der Waals surface area contributed by atoms with Crippen molar-refractivity contribution in [3.8, 4) is 5.75 Å². The summed E-state index contributed by atoms with van der Waals surface area (Å²) >= 11 is 1.69. The first-order valence-electron chi connectivity index (χ1n) is 6.40. The molecule has 1 N–H and O–H groups in total. The van der Waals surface area contributed by atoms with E-state index < -0.39 is 6.10 Å². The molecule has 3 rings (SSSR count). The van der Waals surface area contributed by atoms with E-state index in [2.05, 4.69) is 13.0 Å². The number of benzene rings is 1. The average Bonchev–Trinajstić information content (AvgIpc) is 2.86. The van der Waals surface area contributed by atoms with Crippen LogP contribution in [0, 0.1) is 5.82 Å². The van der Waals surface area contributed by atoms with Gasteiger partial charge in [0.1, 0.15) is 17.7 Å². The molecule has 2 atom stereocenters. The Kier molecular flexibility index (Phi) is 3.29. The molecule has 2 aromatic rings. The second kappa shape index (κ2) is 4.94. The minimum atomic E-state index is -0.596. The van der Waals surface area contributed by atoms with Crippen LogP contribution in [-0.4, -0.2) is 5.11 Å². The lowest BCUT2D eigenvalue weighted by Crippen LogP contribution is -2.18. The predicted octanol–water partition coefficient (Wildman–Crippen LogP) is 4.01. The Morgan fingerprint density at radius 2 is 2.21 bits per heavy atom. The van der Waals surface area contributed by atoms with E-state index in [0.29, 0.717) is 17.7 Å². The van der Waals surface area contributed by atoms with Gasteiger partial charge in [-0.1, -0.05) is 6.92 Å².